The van der Waals surface area contributed by atoms with Crippen molar-refractivity contribution in [2.75, 3.05) is 19.8 Å². The molecule has 120 valence electrons. The van der Waals surface area contributed by atoms with Crippen molar-refractivity contribution in [2.45, 2.75) is 31.7 Å². The molecule has 0 aliphatic heterocycles. The molecular weight excluding hydrogens is 295 g/mol. The van der Waals surface area contributed by atoms with E-state index < -0.39 is 15.8 Å². The van der Waals surface area contributed by atoms with Crippen LogP contribution in [-0.2, 0) is 21.3 Å². The van der Waals surface area contributed by atoms with Gasteiger partial charge in [-0.15, -0.1) is 0 Å². The summed E-state index contributed by atoms with van der Waals surface area (Å²) in [7, 11) is -3.75. The normalized spacial score (nSPS) is 12.0. The second-order valence-electron chi connectivity index (χ2n) is 5.14. The first kappa shape index (κ1) is 18.0. The number of nitrogens with one attached hydrogen (secondary N) is 1. The Morgan fingerprint density at radius 3 is 2.71 bits per heavy atom. The number of ether oxygens (including phenoxy) is 1. The quantitative estimate of drug-likeness (QED) is 0.678. The van der Waals surface area contributed by atoms with Crippen LogP contribution >= 0.6 is 0 Å². The molecule has 21 heavy (non-hydrogen) atoms. The average molecular weight is 318 g/mol. The van der Waals surface area contributed by atoms with Crippen LogP contribution in [0.3, 0.4) is 0 Å². The highest BCUT2D eigenvalue weighted by Crippen LogP contribution is 2.18. The minimum Gasteiger partial charge on any atom is -0.381 e. The Balaban J connectivity index is 2.56. The molecule has 3 N–H and O–H groups in total. The van der Waals surface area contributed by atoms with E-state index in [0.29, 0.717) is 25.6 Å². The Hall–Kier alpha value is -1.02. The van der Waals surface area contributed by atoms with Gasteiger partial charge < -0.3 is 10.5 Å². The number of nitrogens with two attached hydrogens (primary N) is 1. The molecule has 0 saturated heterocycles. The minimum absolute atomic E-state index is 0.000979. The van der Waals surface area contributed by atoms with Gasteiger partial charge in [0.25, 0.3) is 0 Å². The molecule has 0 fully saturated rings. The predicted molar refractivity (Wildman–Crippen MR) is 79.8 cm³/mol. The topological polar surface area (TPSA) is 81.4 Å². The third-order valence-electron chi connectivity index (χ3n) is 2.78. The van der Waals surface area contributed by atoms with Gasteiger partial charge in [0.2, 0.25) is 10.0 Å². The molecule has 0 atom stereocenters. The molecule has 1 aromatic carbocycles. The molecule has 0 heterocycles. The van der Waals surface area contributed by atoms with Crippen molar-refractivity contribution in [3.63, 3.8) is 0 Å². The first-order valence-corrected chi connectivity index (χ1v) is 8.41. The molecule has 5 nitrogen and oxygen atoms in total. The van der Waals surface area contributed by atoms with Crippen molar-refractivity contribution < 1.29 is 17.5 Å². The van der Waals surface area contributed by atoms with E-state index in [1.807, 2.05) is 13.8 Å². The third kappa shape index (κ3) is 5.70. The fourth-order valence-corrected chi connectivity index (χ4v) is 3.10. The molecule has 7 heteroatoms. The SMILES string of the molecule is CC(C)COCCCNS(=O)(=O)c1cccc(F)c1CN. The highest BCUT2D eigenvalue weighted by atomic mass is 32.2. The van der Waals surface area contributed by atoms with E-state index in [2.05, 4.69) is 4.72 Å². The number of sulfonamides is 1. The summed E-state index contributed by atoms with van der Waals surface area (Å²) in [4.78, 5) is -0.104. The Morgan fingerprint density at radius 1 is 1.38 bits per heavy atom. The van der Waals surface area contributed by atoms with Crippen LogP contribution in [0.5, 0.6) is 0 Å². The van der Waals surface area contributed by atoms with E-state index in [1.54, 1.807) is 0 Å². The fourth-order valence-electron chi connectivity index (χ4n) is 1.77. The highest BCUT2D eigenvalue weighted by Gasteiger charge is 2.19. The summed E-state index contributed by atoms with van der Waals surface area (Å²) in [5.41, 5.74) is 5.42. The number of hydrogen-bond donors (Lipinski definition) is 2. The molecule has 0 saturated carbocycles. The maximum Gasteiger partial charge on any atom is 0.240 e. The van der Waals surface area contributed by atoms with Gasteiger partial charge in [-0.3, -0.25) is 0 Å². The predicted octanol–water partition coefficient (Wildman–Crippen LogP) is 1.63. The van der Waals surface area contributed by atoms with Crippen molar-refractivity contribution >= 4 is 10.0 Å². The summed E-state index contributed by atoms with van der Waals surface area (Å²) in [5, 5.41) is 0. The van der Waals surface area contributed by atoms with E-state index in [1.165, 1.54) is 18.2 Å². The lowest BCUT2D eigenvalue weighted by Crippen LogP contribution is -2.27. The lowest BCUT2D eigenvalue weighted by Gasteiger charge is -2.11. The van der Waals surface area contributed by atoms with E-state index in [9.17, 15) is 12.8 Å². The molecule has 0 unspecified atom stereocenters. The van der Waals surface area contributed by atoms with Crippen LogP contribution in [0.4, 0.5) is 4.39 Å². The lowest BCUT2D eigenvalue weighted by atomic mass is 10.2. The van der Waals surface area contributed by atoms with E-state index in [0.717, 1.165) is 0 Å². The van der Waals surface area contributed by atoms with E-state index >= 15 is 0 Å². The van der Waals surface area contributed by atoms with Crippen LogP contribution < -0.4 is 10.5 Å². The minimum atomic E-state index is -3.75. The van der Waals surface area contributed by atoms with Gasteiger partial charge in [0, 0.05) is 31.9 Å². The first-order valence-electron chi connectivity index (χ1n) is 6.93. The fraction of sp³-hybridized carbons (Fsp3) is 0.571. The van der Waals surface area contributed by atoms with Gasteiger partial charge in [-0.05, 0) is 24.5 Å². The molecule has 0 spiro atoms. The molecule has 0 aliphatic carbocycles. The Bertz CT molecular complexity index is 547. The summed E-state index contributed by atoms with van der Waals surface area (Å²) in [5.74, 6) is -0.165. The van der Waals surface area contributed by atoms with Crippen LogP contribution in [0.15, 0.2) is 23.1 Å². The van der Waals surface area contributed by atoms with Crippen LogP contribution in [0.1, 0.15) is 25.8 Å². The summed E-state index contributed by atoms with van der Waals surface area (Å²) >= 11 is 0. The number of hydrogen-bond acceptors (Lipinski definition) is 4. The van der Waals surface area contributed by atoms with E-state index in [4.69, 9.17) is 10.5 Å². The largest absolute Gasteiger partial charge is 0.381 e. The van der Waals surface area contributed by atoms with Gasteiger partial charge in [-0.1, -0.05) is 19.9 Å². The summed E-state index contributed by atoms with van der Waals surface area (Å²) in [6.45, 7) is 5.28. The molecule has 0 aliphatic rings. The van der Waals surface area contributed by atoms with Gasteiger partial charge >= 0.3 is 0 Å². The maximum atomic E-state index is 13.6. The summed E-state index contributed by atoms with van der Waals surface area (Å²) < 4.78 is 45.6. The lowest BCUT2D eigenvalue weighted by molar-refractivity contribution is 0.108. The Labute approximate surface area is 125 Å². The molecule has 0 radical (unpaired) electrons. The van der Waals surface area contributed by atoms with Crippen molar-refractivity contribution in [2.24, 2.45) is 11.7 Å². The van der Waals surface area contributed by atoms with Crippen LogP contribution in [0, 0.1) is 11.7 Å². The molecule has 0 bridgehead atoms. The third-order valence-corrected chi connectivity index (χ3v) is 4.32. The van der Waals surface area contributed by atoms with E-state index in [-0.39, 0.29) is 23.5 Å². The summed E-state index contributed by atoms with van der Waals surface area (Å²) in [6.07, 6.45) is 0.555. The smallest absolute Gasteiger partial charge is 0.240 e. The number of halogens is 1. The van der Waals surface area contributed by atoms with Crippen molar-refractivity contribution in [3.05, 3.63) is 29.6 Å². The number of benzene rings is 1. The number of rotatable bonds is 9. The highest BCUT2D eigenvalue weighted by molar-refractivity contribution is 7.89. The van der Waals surface area contributed by atoms with Gasteiger partial charge in [-0.25, -0.2) is 17.5 Å². The summed E-state index contributed by atoms with van der Waals surface area (Å²) in [6, 6.07) is 3.90. The Kier molecular flexibility index (Phi) is 7.24. The van der Waals surface area contributed by atoms with Gasteiger partial charge in [0.15, 0.2) is 0 Å². The molecule has 0 aromatic heterocycles. The zero-order chi connectivity index (χ0) is 15.9. The van der Waals surface area contributed by atoms with Crippen LogP contribution in [-0.4, -0.2) is 28.2 Å². The standard InChI is InChI=1S/C14H23FN2O3S/c1-11(2)10-20-8-4-7-17-21(18,19)14-6-3-5-13(15)12(14)9-16/h3,5-6,11,17H,4,7-10,16H2,1-2H3. The van der Waals surface area contributed by atoms with Gasteiger partial charge in [-0.2, -0.15) is 0 Å². The maximum absolute atomic E-state index is 13.6. The van der Waals surface area contributed by atoms with Gasteiger partial charge in [0.1, 0.15) is 5.82 Å². The van der Waals surface area contributed by atoms with Crippen LogP contribution in [0.25, 0.3) is 0 Å². The molecule has 1 rings (SSSR count). The van der Waals surface area contributed by atoms with Crippen molar-refractivity contribution in [1.29, 1.82) is 0 Å². The zero-order valence-electron chi connectivity index (χ0n) is 12.4. The molecule has 0 amide bonds. The van der Waals surface area contributed by atoms with Crippen molar-refractivity contribution in [3.8, 4) is 0 Å². The first-order chi connectivity index (χ1) is 9.88. The monoisotopic (exact) mass is 318 g/mol. The molecule has 1 aromatic rings. The Morgan fingerprint density at radius 2 is 2.10 bits per heavy atom. The zero-order valence-corrected chi connectivity index (χ0v) is 13.2. The van der Waals surface area contributed by atoms with Crippen molar-refractivity contribution in [1.82, 2.24) is 4.72 Å². The van der Waals surface area contributed by atoms with Crippen LogP contribution in [0.2, 0.25) is 0 Å². The second kappa shape index (κ2) is 8.43. The second-order valence-corrected chi connectivity index (χ2v) is 6.88. The average Bonchev–Trinajstić information content (AvgIpc) is 2.42. The van der Waals surface area contributed by atoms with Gasteiger partial charge in [0.05, 0.1) is 4.90 Å². The molecular formula is C14H23FN2O3S.